The lowest BCUT2D eigenvalue weighted by molar-refractivity contribution is 0.0416. The van der Waals surface area contributed by atoms with Gasteiger partial charge in [0.25, 0.3) is 0 Å². The molecule has 0 heterocycles. The predicted molar refractivity (Wildman–Crippen MR) is 95.1 cm³/mol. The van der Waals surface area contributed by atoms with Crippen molar-refractivity contribution in [2.24, 2.45) is 17.3 Å². The van der Waals surface area contributed by atoms with Gasteiger partial charge in [-0.15, -0.1) is 0 Å². The molecule has 134 valence electrons. The lowest BCUT2D eigenvalue weighted by Crippen LogP contribution is -2.18. The first-order valence-electron chi connectivity index (χ1n) is 8.53. The maximum Gasteiger partial charge on any atom is 0.338 e. The van der Waals surface area contributed by atoms with E-state index in [1.807, 2.05) is 13.8 Å². The van der Waals surface area contributed by atoms with Crippen molar-refractivity contribution in [3.8, 4) is 0 Å². The molecule has 1 unspecified atom stereocenters. The van der Waals surface area contributed by atoms with Crippen LogP contribution in [0.15, 0.2) is 24.3 Å². The Kier molecular flexibility index (Phi) is 7.46. The standard InChI is InChI=1S/C20H30O4/c1-14(2)12-23-18(21)16-7-9-17(10-8-16)19(22)24-13-15(3)11-20(4,5)6/h7-10,14-15H,11-13H2,1-6H3. The van der Waals surface area contributed by atoms with Gasteiger partial charge >= 0.3 is 11.9 Å². The van der Waals surface area contributed by atoms with Crippen molar-refractivity contribution in [2.45, 2.75) is 48.0 Å². The molecule has 4 nitrogen and oxygen atoms in total. The monoisotopic (exact) mass is 334 g/mol. The van der Waals surface area contributed by atoms with Crippen molar-refractivity contribution in [1.29, 1.82) is 0 Å². The SMILES string of the molecule is CC(C)COC(=O)c1ccc(C(=O)OCC(C)CC(C)(C)C)cc1. The van der Waals surface area contributed by atoms with Crippen molar-refractivity contribution >= 4 is 11.9 Å². The number of ether oxygens (including phenoxy) is 2. The summed E-state index contributed by atoms with van der Waals surface area (Å²) >= 11 is 0. The van der Waals surface area contributed by atoms with Crippen LogP contribution in [0.25, 0.3) is 0 Å². The van der Waals surface area contributed by atoms with Gasteiger partial charge in [0, 0.05) is 0 Å². The quantitative estimate of drug-likeness (QED) is 0.677. The normalized spacial score (nSPS) is 12.8. The van der Waals surface area contributed by atoms with Crippen LogP contribution < -0.4 is 0 Å². The van der Waals surface area contributed by atoms with Gasteiger partial charge < -0.3 is 9.47 Å². The summed E-state index contributed by atoms with van der Waals surface area (Å²) in [6.45, 7) is 13.3. The minimum absolute atomic E-state index is 0.212. The van der Waals surface area contributed by atoms with E-state index in [9.17, 15) is 9.59 Å². The summed E-state index contributed by atoms with van der Waals surface area (Å²) in [6.07, 6.45) is 0.987. The first kappa shape index (κ1) is 20.2. The molecule has 4 heteroatoms. The Morgan fingerprint density at radius 1 is 0.875 bits per heavy atom. The third kappa shape index (κ3) is 7.62. The molecule has 24 heavy (non-hydrogen) atoms. The molecule has 0 spiro atoms. The van der Waals surface area contributed by atoms with E-state index in [-0.39, 0.29) is 17.4 Å². The number of hydrogen-bond donors (Lipinski definition) is 0. The van der Waals surface area contributed by atoms with Gasteiger partial charge in [-0.1, -0.05) is 41.5 Å². The lowest BCUT2D eigenvalue weighted by atomic mass is 9.86. The van der Waals surface area contributed by atoms with Crippen LogP contribution in [0.5, 0.6) is 0 Å². The van der Waals surface area contributed by atoms with Crippen LogP contribution in [-0.4, -0.2) is 25.2 Å². The fourth-order valence-electron chi connectivity index (χ4n) is 2.47. The fraction of sp³-hybridized carbons (Fsp3) is 0.600. The highest BCUT2D eigenvalue weighted by Gasteiger charge is 2.17. The van der Waals surface area contributed by atoms with Crippen LogP contribution in [0, 0.1) is 17.3 Å². The van der Waals surface area contributed by atoms with E-state index >= 15 is 0 Å². The van der Waals surface area contributed by atoms with Gasteiger partial charge in [-0.25, -0.2) is 9.59 Å². The van der Waals surface area contributed by atoms with Gasteiger partial charge in [0.1, 0.15) is 0 Å². The molecule has 0 aliphatic rings. The first-order valence-corrected chi connectivity index (χ1v) is 8.53. The van der Waals surface area contributed by atoms with Crippen LogP contribution >= 0.6 is 0 Å². The number of rotatable bonds is 7. The summed E-state index contributed by atoms with van der Waals surface area (Å²) in [4.78, 5) is 23.9. The molecule has 0 saturated heterocycles. The zero-order chi connectivity index (χ0) is 18.3. The smallest absolute Gasteiger partial charge is 0.338 e. The average molecular weight is 334 g/mol. The van der Waals surface area contributed by atoms with Gasteiger partial charge in [-0.2, -0.15) is 0 Å². The maximum atomic E-state index is 12.1. The van der Waals surface area contributed by atoms with Crippen molar-refractivity contribution in [2.75, 3.05) is 13.2 Å². The number of hydrogen-bond acceptors (Lipinski definition) is 4. The average Bonchev–Trinajstić information content (AvgIpc) is 2.48. The molecule has 0 N–H and O–H groups in total. The van der Waals surface area contributed by atoms with E-state index in [4.69, 9.17) is 9.47 Å². The second-order valence-corrected chi connectivity index (χ2v) is 8.04. The molecule has 1 atom stereocenters. The van der Waals surface area contributed by atoms with Crippen LogP contribution in [0.4, 0.5) is 0 Å². The Bertz CT molecular complexity index is 538. The summed E-state index contributed by atoms with van der Waals surface area (Å²) in [7, 11) is 0. The topological polar surface area (TPSA) is 52.6 Å². The largest absolute Gasteiger partial charge is 0.462 e. The van der Waals surface area contributed by atoms with Crippen LogP contribution in [0.1, 0.15) is 68.7 Å². The molecule has 0 fully saturated rings. The van der Waals surface area contributed by atoms with Crippen molar-refractivity contribution in [3.63, 3.8) is 0 Å². The van der Waals surface area contributed by atoms with Crippen LogP contribution in [0.2, 0.25) is 0 Å². The second kappa shape index (κ2) is 8.86. The van der Waals surface area contributed by atoms with Gasteiger partial charge in [-0.3, -0.25) is 0 Å². The van der Waals surface area contributed by atoms with E-state index in [0.29, 0.717) is 36.2 Å². The fourth-order valence-corrected chi connectivity index (χ4v) is 2.47. The summed E-state index contributed by atoms with van der Waals surface area (Å²) in [5.74, 6) is -0.141. The third-order valence-electron chi connectivity index (χ3n) is 3.36. The molecule has 1 rings (SSSR count). The number of esters is 2. The van der Waals surface area contributed by atoms with Gasteiger partial charge in [0.2, 0.25) is 0 Å². The van der Waals surface area contributed by atoms with E-state index in [0.717, 1.165) is 6.42 Å². The molecular formula is C20H30O4. The zero-order valence-corrected chi connectivity index (χ0v) is 15.7. The highest BCUT2D eigenvalue weighted by atomic mass is 16.5. The van der Waals surface area contributed by atoms with E-state index < -0.39 is 0 Å². The molecule has 0 aliphatic heterocycles. The van der Waals surface area contributed by atoms with Gasteiger partial charge in [0.05, 0.1) is 24.3 Å². The summed E-state index contributed by atoms with van der Waals surface area (Å²) in [6, 6.07) is 6.39. The summed E-state index contributed by atoms with van der Waals surface area (Å²) in [5.41, 5.74) is 1.09. The molecule has 0 aromatic heterocycles. The van der Waals surface area contributed by atoms with E-state index in [1.165, 1.54) is 0 Å². The van der Waals surface area contributed by atoms with E-state index in [1.54, 1.807) is 24.3 Å². The van der Waals surface area contributed by atoms with E-state index in [2.05, 4.69) is 27.7 Å². The Balaban J connectivity index is 2.53. The zero-order valence-electron chi connectivity index (χ0n) is 15.7. The Morgan fingerprint density at radius 3 is 1.67 bits per heavy atom. The molecule has 1 aromatic carbocycles. The molecule has 0 saturated carbocycles. The molecule has 0 radical (unpaired) electrons. The number of carbonyl (C=O) groups excluding carboxylic acids is 2. The van der Waals surface area contributed by atoms with Crippen molar-refractivity contribution < 1.29 is 19.1 Å². The number of benzene rings is 1. The van der Waals surface area contributed by atoms with Gasteiger partial charge in [0.15, 0.2) is 0 Å². The Morgan fingerprint density at radius 2 is 1.29 bits per heavy atom. The Hall–Kier alpha value is -1.84. The predicted octanol–water partition coefficient (Wildman–Crippen LogP) is 4.73. The minimum atomic E-state index is -0.373. The van der Waals surface area contributed by atoms with Crippen molar-refractivity contribution in [3.05, 3.63) is 35.4 Å². The second-order valence-electron chi connectivity index (χ2n) is 8.04. The molecular weight excluding hydrogens is 304 g/mol. The highest BCUT2D eigenvalue weighted by molar-refractivity contribution is 5.93. The molecule has 1 aromatic rings. The van der Waals surface area contributed by atoms with Crippen molar-refractivity contribution in [1.82, 2.24) is 0 Å². The van der Waals surface area contributed by atoms with Gasteiger partial charge in [-0.05, 0) is 47.9 Å². The number of carbonyl (C=O) groups is 2. The summed E-state index contributed by atoms with van der Waals surface area (Å²) < 4.78 is 10.5. The molecule has 0 bridgehead atoms. The highest BCUT2D eigenvalue weighted by Crippen LogP contribution is 2.24. The summed E-state index contributed by atoms with van der Waals surface area (Å²) in [5, 5.41) is 0. The third-order valence-corrected chi connectivity index (χ3v) is 3.36. The minimum Gasteiger partial charge on any atom is -0.462 e. The van der Waals surface area contributed by atoms with Crippen LogP contribution in [-0.2, 0) is 9.47 Å². The molecule has 0 amide bonds. The maximum absolute atomic E-state index is 12.1. The Labute approximate surface area is 145 Å². The lowest BCUT2D eigenvalue weighted by Gasteiger charge is -2.22. The first-order chi connectivity index (χ1) is 11.1. The molecule has 0 aliphatic carbocycles. The van der Waals surface area contributed by atoms with Crippen LogP contribution in [0.3, 0.4) is 0 Å².